The zero-order chi connectivity index (χ0) is 10.8. The lowest BCUT2D eigenvalue weighted by Crippen LogP contribution is -2.10. The molecule has 0 saturated heterocycles. The highest BCUT2D eigenvalue weighted by molar-refractivity contribution is 7.93. The van der Waals surface area contributed by atoms with E-state index in [2.05, 4.69) is 4.36 Å². The van der Waals surface area contributed by atoms with Gasteiger partial charge in [-0.2, -0.15) is 0 Å². The van der Waals surface area contributed by atoms with Gasteiger partial charge in [-0.05, 0) is 18.6 Å². The molecule has 1 aromatic carbocycles. The van der Waals surface area contributed by atoms with Crippen LogP contribution in [0.1, 0.15) is 5.56 Å². The molecule has 1 atom stereocenters. The van der Waals surface area contributed by atoms with Crippen LogP contribution in [-0.4, -0.2) is 16.5 Å². The molecule has 0 radical (unpaired) electrons. The number of rotatable bonds is 1. The lowest BCUT2D eigenvalue weighted by atomic mass is 10.2. The van der Waals surface area contributed by atoms with Crippen LogP contribution in [0.15, 0.2) is 33.5 Å². The normalized spacial score (nSPS) is 14.4. The predicted octanol–water partition coefficient (Wildman–Crippen LogP) is 1.53. The number of nitrogens with two attached hydrogens (primary N) is 1. The molecule has 0 bridgehead atoms. The summed E-state index contributed by atoms with van der Waals surface area (Å²) >= 11 is 0. The summed E-state index contributed by atoms with van der Waals surface area (Å²) in [4.78, 5) is 11.1. The van der Waals surface area contributed by atoms with Crippen LogP contribution in [0, 0.1) is 6.92 Å². The smallest absolute Gasteiger partial charge is 0.346 e. The average Bonchev–Trinajstić information content (AvgIpc) is 2.02. The van der Waals surface area contributed by atoms with Crippen LogP contribution in [-0.2, 0) is 9.73 Å². The molecular weight excluding hydrogens is 200 g/mol. The Morgan fingerprint density at radius 1 is 1.43 bits per heavy atom. The highest BCUT2D eigenvalue weighted by Gasteiger charge is 2.09. The molecule has 2 N–H and O–H groups in total. The van der Waals surface area contributed by atoms with Crippen molar-refractivity contribution in [2.24, 2.45) is 10.1 Å². The Morgan fingerprint density at radius 2 is 2.00 bits per heavy atom. The van der Waals surface area contributed by atoms with E-state index in [1.807, 2.05) is 19.1 Å². The fourth-order valence-electron chi connectivity index (χ4n) is 1.20. The van der Waals surface area contributed by atoms with Gasteiger partial charge in [0.1, 0.15) is 0 Å². The van der Waals surface area contributed by atoms with E-state index in [0.29, 0.717) is 4.90 Å². The number of hydrogen-bond donors (Lipinski definition) is 1. The van der Waals surface area contributed by atoms with Gasteiger partial charge in [-0.1, -0.05) is 18.2 Å². The van der Waals surface area contributed by atoms with Gasteiger partial charge < -0.3 is 5.73 Å². The predicted molar refractivity (Wildman–Crippen MR) is 55.5 cm³/mol. The van der Waals surface area contributed by atoms with Gasteiger partial charge in [-0.3, -0.25) is 0 Å². The number of hydrogen-bond acceptors (Lipinski definition) is 2. The van der Waals surface area contributed by atoms with Crippen LogP contribution in [0.2, 0.25) is 0 Å². The van der Waals surface area contributed by atoms with E-state index >= 15 is 0 Å². The molecule has 4 nitrogen and oxygen atoms in total. The van der Waals surface area contributed by atoms with Gasteiger partial charge in [0, 0.05) is 6.26 Å². The Bertz CT molecular complexity index is 473. The second-order valence-corrected chi connectivity index (χ2v) is 5.22. The molecule has 5 heteroatoms. The third-order valence-electron chi connectivity index (χ3n) is 1.77. The standard InChI is InChI=1S/C9H12N2O2S/c1-7-5-3-4-6-8(7)14(2,13)11-9(10)12/h3-6H,1-2H3,(H2,10,12). The van der Waals surface area contributed by atoms with Crippen molar-refractivity contribution in [3.8, 4) is 0 Å². The molecule has 2 amide bonds. The molecular formula is C9H12N2O2S. The zero-order valence-electron chi connectivity index (χ0n) is 8.06. The quantitative estimate of drug-likeness (QED) is 0.766. The monoisotopic (exact) mass is 212 g/mol. The summed E-state index contributed by atoms with van der Waals surface area (Å²) in [5, 5.41) is 0. The molecule has 76 valence electrons. The molecule has 1 rings (SSSR count). The topological polar surface area (TPSA) is 72.5 Å². The summed E-state index contributed by atoms with van der Waals surface area (Å²) in [6.07, 6.45) is 1.40. The first-order chi connectivity index (χ1) is 6.43. The molecule has 0 aromatic heterocycles. The van der Waals surface area contributed by atoms with E-state index in [9.17, 15) is 9.00 Å². The molecule has 0 spiro atoms. The van der Waals surface area contributed by atoms with Crippen molar-refractivity contribution in [1.82, 2.24) is 0 Å². The molecule has 0 saturated carbocycles. The van der Waals surface area contributed by atoms with E-state index in [1.165, 1.54) is 6.26 Å². The van der Waals surface area contributed by atoms with Crippen LogP contribution in [0.25, 0.3) is 0 Å². The fourth-order valence-corrected chi connectivity index (χ4v) is 2.64. The maximum atomic E-state index is 12.0. The first-order valence-electron chi connectivity index (χ1n) is 4.01. The van der Waals surface area contributed by atoms with Gasteiger partial charge in [0.05, 0.1) is 14.6 Å². The molecule has 0 aliphatic carbocycles. The second-order valence-electron chi connectivity index (χ2n) is 3.00. The lowest BCUT2D eigenvalue weighted by molar-refractivity contribution is 0.257. The van der Waals surface area contributed by atoms with E-state index in [4.69, 9.17) is 5.73 Å². The number of primary amides is 1. The maximum Gasteiger partial charge on any atom is 0.346 e. The van der Waals surface area contributed by atoms with Crippen molar-refractivity contribution in [2.45, 2.75) is 11.8 Å². The van der Waals surface area contributed by atoms with Crippen molar-refractivity contribution in [3.63, 3.8) is 0 Å². The summed E-state index contributed by atoms with van der Waals surface area (Å²) in [5.74, 6) is 0. The van der Waals surface area contributed by atoms with E-state index in [-0.39, 0.29) is 0 Å². The SMILES string of the molecule is Cc1ccccc1S(C)(=O)=NC(N)=O. The molecule has 1 aromatic rings. The Hall–Kier alpha value is -1.36. The Kier molecular flexibility index (Phi) is 2.90. The molecule has 1 unspecified atom stereocenters. The highest BCUT2D eigenvalue weighted by Crippen LogP contribution is 2.15. The van der Waals surface area contributed by atoms with Crippen LogP contribution in [0.3, 0.4) is 0 Å². The third-order valence-corrected chi connectivity index (χ3v) is 3.57. The van der Waals surface area contributed by atoms with Crippen molar-refractivity contribution >= 4 is 15.8 Å². The number of aryl methyl sites for hydroxylation is 1. The minimum absolute atomic E-state index is 0.554. The van der Waals surface area contributed by atoms with Gasteiger partial charge in [-0.25, -0.2) is 9.00 Å². The number of amides is 2. The third kappa shape index (κ3) is 2.32. The summed E-state index contributed by atoms with van der Waals surface area (Å²) in [5.41, 5.74) is 5.72. The number of benzene rings is 1. The van der Waals surface area contributed by atoms with Gasteiger partial charge >= 0.3 is 6.03 Å². The lowest BCUT2D eigenvalue weighted by Gasteiger charge is -2.05. The van der Waals surface area contributed by atoms with E-state index in [0.717, 1.165) is 5.56 Å². The fraction of sp³-hybridized carbons (Fsp3) is 0.222. The highest BCUT2D eigenvalue weighted by atomic mass is 32.2. The minimum Gasteiger partial charge on any atom is -0.349 e. The number of carbonyl (C=O) groups is 1. The second kappa shape index (κ2) is 3.79. The van der Waals surface area contributed by atoms with Crippen LogP contribution >= 0.6 is 0 Å². The zero-order valence-corrected chi connectivity index (χ0v) is 8.88. The van der Waals surface area contributed by atoms with Crippen LogP contribution < -0.4 is 5.73 Å². The van der Waals surface area contributed by atoms with Gasteiger partial charge in [-0.15, -0.1) is 4.36 Å². The number of urea groups is 1. The molecule has 0 heterocycles. The van der Waals surface area contributed by atoms with E-state index < -0.39 is 15.8 Å². The van der Waals surface area contributed by atoms with Gasteiger partial charge in [0.2, 0.25) is 0 Å². The van der Waals surface area contributed by atoms with Crippen molar-refractivity contribution < 1.29 is 9.00 Å². The Balaban J connectivity index is 3.38. The Labute approximate surface area is 83.3 Å². The average molecular weight is 212 g/mol. The van der Waals surface area contributed by atoms with Gasteiger partial charge in [0.15, 0.2) is 0 Å². The van der Waals surface area contributed by atoms with Crippen LogP contribution in [0.4, 0.5) is 4.79 Å². The van der Waals surface area contributed by atoms with Crippen molar-refractivity contribution in [1.29, 1.82) is 0 Å². The first kappa shape index (κ1) is 10.7. The largest absolute Gasteiger partial charge is 0.349 e. The van der Waals surface area contributed by atoms with Gasteiger partial charge in [0.25, 0.3) is 0 Å². The first-order valence-corrected chi connectivity index (χ1v) is 5.93. The summed E-state index contributed by atoms with van der Waals surface area (Å²) in [7, 11) is -2.69. The maximum absolute atomic E-state index is 12.0. The van der Waals surface area contributed by atoms with Crippen LogP contribution in [0.5, 0.6) is 0 Å². The minimum atomic E-state index is -2.69. The number of nitrogens with zero attached hydrogens (tertiary/aromatic N) is 1. The summed E-state index contributed by atoms with van der Waals surface area (Å²) in [6, 6.07) is 6.18. The molecule has 14 heavy (non-hydrogen) atoms. The number of carbonyl (C=O) groups excluding carboxylic acids is 1. The molecule has 0 fully saturated rings. The summed E-state index contributed by atoms with van der Waals surface area (Å²) in [6.45, 7) is 1.81. The summed E-state index contributed by atoms with van der Waals surface area (Å²) < 4.78 is 15.4. The molecule has 0 aliphatic rings. The van der Waals surface area contributed by atoms with Crippen molar-refractivity contribution in [3.05, 3.63) is 29.8 Å². The van der Waals surface area contributed by atoms with Crippen molar-refractivity contribution in [2.75, 3.05) is 6.26 Å². The Morgan fingerprint density at radius 3 is 2.50 bits per heavy atom. The molecule has 0 aliphatic heterocycles. The van der Waals surface area contributed by atoms with E-state index in [1.54, 1.807) is 12.1 Å².